The number of hydrogen-bond donors (Lipinski definition) is 2. The fourth-order valence-electron chi connectivity index (χ4n) is 2.70. The lowest BCUT2D eigenvalue weighted by atomic mass is 10.1. The van der Waals surface area contributed by atoms with Crippen LogP contribution >= 0.6 is 0 Å². The molecule has 0 spiro atoms. The van der Waals surface area contributed by atoms with Crippen molar-refractivity contribution in [2.24, 2.45) is 5.10 Å². The van der Waals surface area contributed by atoms with Crippen molar-refractivity contribution in [2.75, 3.05) is 16.8 Å². The third kappa shape index (κ3) is 4.23. The molecule has 0 saturated carbocycles. The fourth-order valence-corrected chi connectivity index (χ4v) is 2.70. The zero-order valence-corrected chi connectivity index (χ0v) is 14.0. The molecule has 2 aromatic carbocycles. The van der Waals surface area contributed by atoms with Crippen molar-refractivity contribution in [3.05, 3.63) is 60.2 Å². The minimum atomic E-state index is -0.406. The highest BCUT2D eigenvalue weighted by atomic mass is 16.2. The molecule has 6 heteroatoms. The Morgan fingerprint density at radius 1 is 1.12 bits per heavy atom. The minimum Gasteiger partial charge on any atom is -0.312 e. The predicted molar refractivity (Wildman–Crippen MR) is 98.8 cm³/mol. The second-order valence-electron chi connectivity index (χ2n) is 5.83. The van der Waals surface area contributed by atoms with E-state index in [0.717, 1.165) is 24.2 Å². The van der Waals surface area contributed by atoms with E-state index in [-0.39, 0.29) is 5.91 Å². The highest BCUT2D eigenvalue weighted by Crippen LogP contribution is 2.22. The summed E-state index contributed by atoms with van der Waals surface area (Å²) in [6.45, 7) is 2.56. The van der Waals surface area contributed by atoms with Crippen molar-refractivity contribution in [1.82, 2.24) is 5.43 Å². The van der Waals surface area contributed by atoms with Gasteiger partial charge in [0.25, 0.3) is 0 Å². The third-order valence-corrected chi connectivity index (χ3v) is 4.01. The Labute approximate surface area is 146 Å². The highest BCUT2D eigenvalue weighted by Gasteiger charge is 2.21. The van der Waals surface area contributed by atoms with Crippen LogP contribution in [0.4, 0.5) is 16.2 Å². The number of nitrogens with one attached hydrogen (secondary N) is 2. The van der Waals surface area contributed by atoms with Gasteiger partial charge in [-0.3, -0.25) is 4.79 Å². The maximum absolute atomic E-state index is 11.9. The zero-order valence-electron chi connectivity index (χ0n) is 14.0. The number of para-hydroxylation sites is 1. The van der Waals surface area contributed by atoms with Gasteiger partial charge in [-0.1, -0.05) is 30.3 Å². The van der Waals surface area contributed by atoms with Crippen molar-refractivity contribution >= 4 is 29.0 Å². The van der Waals surface area contributed by atoms with Gasteiger partial charge in [-0.15, -0.1) is 0 Å². The Hall–Kier alpha value is -3.15. The highest BCUT2D eigenvalue weighted by molar-refractivity contribution is 6.02. The number of carbonyl (C=O) groups excluding carboxylic acids is 2. The summed E-state index contributed by atoms with van der Waals surface area (Å²) in [7, 11) is 0. The molecule has 128 valence electrons. The lowest BCUT2D eigenvalue weighted by Crippen LogP contribution is -2.25. The Morgan fingerprint density at radius 2 is 1.92 bits per heavy atom. The summed E-state index contributed by atoms with van der Waals surface area (Å²) in [5.74, 6) is 0.145. The fraction of sp³-hybridized carbons (Fsp3) is 0.211. The van der Waals surface area contributed by atoms with Crippen LogP contribution in [0.2, 0.25) is 0 Å². The van der Waals surface area contributed by atoms with Gasteiger partial charge in [-0.2, -0.15) is 5.10 Å². The van der Waals surface area contributed by atoms with Gasteiger partial charge in [0.15, 0.2) is 0 Å². The molecule has 1 fully saturated rings. The normalized spacial score (nSPS) is 14.5. The summed E-state index contributed by atoms with van der Waals surface area (Å²) in [5.41, 5.74) is 5.57. The third-order valence-electron chi connectivity index (χ3n) is 4.01. The molecule has 25 heavy (non-hydrogen) atoms. The van der Waals surface area contributed by atoms with Crippen LogP contribution in [0.25, 0.3) is 0 Å². The van der Waals surface area contributed by atoms with Crippen LogP contribution in [0, 0.1) is 0 Å². The Morgan fingerprint density at radius 3 is 2.64 bits per heavy atom. The van der Waals surface area contributed by atoms with Gasteiger partial charge in [0.1, 0.15) is 0 Å². The minimum absolute atomic E-state index is 0.145. The van der Waals surface area contributed by atoms with E-state index < -0.39 is 6.03 Å². The SMILES string of the molecule is C/C(=N/NC(=O)Nc1ccccc1)c1cccc(N2CCCC2=O)c1. The van der Waals surface area contributed by atoms with E-state index in [2.05, 4.69) is 15.8 Å². The van der Waals surface area contributed by atoms with Crippen LogP contribution in [0.3, 0.4) is 0 Å². The smallest absolute Gasteiger partial charge is 0.312 e. The first-order valence-corrected chi connectivity index (χ1v) is 8.20. The van der Waals surface area contributed by atoms with E-state index in [1.54, 1.807) is 17.0 Å². The predicted octanol–water partition coefficient (Wildman–Crippen LogP) is 3.36. The van der Waals surface area contributed by atoms with E-state index >= 15 is 0 Å². The molecule has 0 atom stereocenters. The lowest BCUT2D eigenvalue weighted by Gasteiger charge is -2.16. The summed E-state index contributed by atoms with van der Waals surface area (Å²) in [4.78, 5) is 25.5. The van der Waals surface area contributed by atoms with E-state index in [4.69, 9.17) is 0 Å². The van der Waals surface area contributed by atoms with Gasteiger partial charge in [0.05, 0.1) is 5.71 Å². The van der Waals surface area contributed by atoms with Gasteiger partial charge < -0.3 is 10.2 Å². The summed E-state index contributed by atoms with van der Waals surface area (Å²) >= 11 is 0. The summed E-state index contributed by atoms with van der Waals surface area (Å²) < 4.78 is 0. The van der Waals surface area contributed by atoms with Gasteiger partial charge in [-0.05, 0) is 43.2 Å². The van der Waals surface area contributed by atoms with Crippen LogP contribution in [-0.2, 0) is 4.79 Å². The molecule has 1 saturated heterocycles. The van der Waals surface area contributed by atoms with Gasteiger partial charge >= 0.3 is 6.03 Å². The molecule has 1 aliphatic rings. The van der Waals surface area contributed by atoms with Gasteiger partial charge in [-0.25, -0.2) is 10.2 Å². The van der Waals surface area contributed by atoms with Crippen molar-refractivity contribution in [3.8, 4) is 0 Å². The molecule has 0 bridgehead atoms. The number of rotatable bonds is 4. The van der Waals surface area contributed by atoms with Crippen LogP contribution in [0.15, 0.2) is 59.7 Å². The lowest BCUT2D eigenvalue weighted by molar-refractivity contribution is -0.117. The standard InChI is InChI=1S/C19H20N4O2/c1-14(21-22-19(25)20-16-8-3-2-4-9-16)15-7-5-10-17(13-15)23-12-6-11-18(23)24/h2-5,7-10,13H,6,11-12H2,1H3,(H2,20,22,25)/b21-14-. The average Bonchev–Trinajstić information content (AvgIpc) is 3.06. The molecule has 3 amide bonds. The molecule has 0 radical (unpaired) electrons. The molecular weight excluding hydrogens is 316 g/mol. The number of carbonyl (C=O) groups is 2. The quantitative estimate of drug-likeness (QED) is 0.664. The Bertz CT molecular complexity index is 802. The largest absolute Gasteiger partial charge is 0.339 e. The molecule has 0 aromatic heterocycles. The molecule has 0 unspecified atom stereocenters. The van der Waals surface area contributed by atoms with Crippen LogP contribution in [0.5, 0.6) is 0 Å². The average molecular weight is 336 g/mol. The molecule has 0 aliphatic carbocycles. The zero-order chi connectivity index (χ0) is 17.6. The number of hydrazone groups is 1. The van der Waals surface area contributed by atoms with Crippen molar-refractivity contribution in [3.63, 3.8) is 0 Å². The number of hydrogen-bond acceptors (Lipinski definition) is 3. The molecular formula is C19H20N4O2. The molecule has 3 rings (SSSR count). The molecule has 1 aliphatic heterocycles. The van der Waals surface area contributed by atoms with Gasteiger partial charge in [0.2, 0.25) is 5.91 Å². The van der Waals surface area contributed by atoms with E-state index in [1.165, 1.54) is 0 Å². The number of amides is 3. The number of nitrogens with zero attached hydrogens (tertiary/aromatic N) is 2. The van der Waals surface area contributed by atoms with Crippen LogP contribution in [-0.4, -0.2) is 24.2 Å². The number of anilines is 2. The Balaban J connectivity index is 1.66. The summed E-state index contributed by atoms with van der Waals surface area (Å²) in [6.07, 6.45) is 1.48. The molecule has 2 aromatic rings. The summed E-state index contributed by atoms with van der Waals surface area (Å²) in [6, 6.07) is 16.4. The molecule has 2 N–H and O–H groups in total. The maximum atomic E-state index is 11.9. The topological polar surface area (TPSA) is 73.8 Å². The first-order valence-electron chi connectivity index (χ1n) is 8.20. The summed E-state index contributed by atoms with van der Waals surface area (Å²) in [5, 5.41) is 6.83. The van der Waals surface area contributed by atoms with Crippen molar-refractivity contribution in [1.29, 1.82) is 0 Å². The van der Waals surface area contributed by atoms with E-state index in [0.29, 0.717) is 17.8 Å². The van der Waals surface area contributed by atoms with E-state index in [1.807, 2.05) is 49.4 Å². The molecule has 6 nitrogen and oxygen atoms in total. The van der Waals surface area contributed by atoms with E-state index in [9.17, 15) is 9.59 Å². The number of benzene rings is 2. The van der Waals surface area contributed by atoms with Gasteiger partial charge in [0, 0.05) is 24.3 Å². The second-order valence-corrected chi connectivity index (χ2v) is 5.83. The Kier molecular flexibility index (Phi) is 5.09. The first-order chi connectivity index (χ1) is 12.1. The second kappa shape index (κ2) is 7.61. The van der Waals surface area contributed by atoms with Crippen molar-refractivity contribution < 1.29 is 9.59 Å². The molecule has 1 heterocycles. The van der Waals surface area contributed by atoms with Crippen LogP contribution < -0.4 is 15.6 Å². The monoisotopic (exact) mass is 336 g/mol. The maximum Gasteiger partial charge on any atom is 0.339 e. The van der Waals surface area contributed by atoms with Crippen LogP contribution in [0.1, 0.15) is 25.3 Å². The number of urea groups is 1. The van der Waals surface area contributed by atoms with Crippen molar-refractivity contribution in [2.45, 2.75) is 19.8 Å². The first kappa shape index (κ1) is 16.7.